The molecule has 0 saturated heterocycles. The lowest BCUT2D eigenvalue weighted by Gasteiger charge is -2.14. The van der Waals surface area contributed by atoms with Crippen molar-refractivity contribution < 1.29 is 12.8 Å². The lowest BCUT2D eigenvalue weighted by molar-refractivity contribution is 0.420. The van der Waals surface area contributed by atoms with Crippen LogP contribution < -0.4 is 0 Å². The second kappa shape index (κ2) is 5.58. The van der Waals surface area contributed by atoms with Crippen molar-refractivity contribution in [1.82, 2.24) is 9.29 Å². The highest BCUT2D eigenvalue weighted by Gasteiger charge is 2.33. The van der Waals surface area contributed by atoms with Crippen LogP contribution >= 0.6 is 0 Å². The fourth-order valence-electron chi connectivity index (χ4n) is 2.88. The maximum absolute atomic E-state index is 12.6. The molecule has 0 bridgehead atoms. The first-order valence-electron chi connectivity index (χ1n) is 7.63. The maximum atomic E-state index is 12.6. The van der Waals surface area contributed by atoms with Crippen LogP contribution in [0, 0.1) is 6.92 Å². The minimum Gasteiger partial charge on any atom is -0.444 e. The van der Waals surface area contributed by atoms with Gasteiger partial charge in [0.25, 0.3) is 0 Å². The summed E-state index contributed by atoms with van der Waals surface area (Å²) in [6.07, 6.45) is 1.61. The van der Waals surface area contributed by atoms with Gasteiger partial charge in [0.1, 0.15) is 6.26 Å². The molecule has 0 radical (unpaired) electrons. The average Bonchev–Trinajstić information content (AvgIpc) is 3.11. The zero-order valence-electron chi connectivity index (χ0n) is 13.1. The number of oxazole rings is 1. The van der Waals surface area contributed by atoms with E-state index in [1.165, 1.54) is 4.31 Å². The molecule has 0 aliphatic carbocycles. The lowest BCUT2D eigenvalue weighted by atomic mass is 10.1. The van der Waals surface area contributed by atoms with E-state index in [1.54, 1.807) is 18.4 Å². The lowest BCUT2D eigenvalue weighted by Crippen LogP contribution is -2.23. The fourth-order valence-corrected chi connectivity index (χ4v) is 4.50. The van der Waals surface area contributed by atoms with Crippen molar-refractivity contribution in [3.05, 3.63) is 71.6 Å². The summed E-state index contributed by atoms with van der Waals surface area (Å²) in [5.41, 5.74) is 3.48. The molecule has 2 heterocycles. The van der Waals surface area contributed by atoms with E-state index in [1.807, 2.05) is 43.3 Å². The summed E-state index contributed by atoms with van der Waals surface area (Å²) in [6.45, 7) is 2.64. The van der Waals surface area contributed by atoms with Crippen LogP contribution in [0.2, 0.25) is 0 Å². The average molecular weight is 340 g/mol. The molecule has 0 unspecified atom stereocenters. The molecule has 2 aromatic carbocycles. The van der Waals surface area contributed by atoms with Crippen molar-refractivity contribution in [2.45, 2.75) is 24.9 Å². The summed E-state index contributed by atoms with van der Waals surface area (Å²) in [4.78, 5) is 4.70. The first-order valence-corrected chi connectivity index (χ1v) is 9.07. The second-order valence-corrected chi connectivity index (χ2v) is 7.78. The zero-order valence-corrected chi connectivity index (χ0v) is 14.0. The molecule has 5 nitrogen and oxygen atoms in total. The van der Waals surface area contributed by atoms with Crippen LogP contribution in [-0.4, -0.2) is 17.7 Å². The largest absolute Gasteiger partial charge is 0.444 e. The fraction of sp³-hybridized carbons (Fsp3) is 0.167. The highest BCUT2D eigenvalue weighted by atomic mass is 32.2. The van der Waals surface area contributed by atoms with Crippen LogP contribution in [0.25, 0.3) is 11.5 Å². The van der Waals surface area contributed by atoms with Gasteiger partial charge in [-0.1, -0.05) is 30.3 Å². The third-order valence-corrected chi connectivity index (χ3v) is 6.01. The van der Waals surface area contributed by atoms with E-state index in [-0.39, 0.29) is 0 Å². The monoisotopic (exact) mass is 340 g/mol. The molecule has 1 aliphatic heterocycles. The zero-order chi connectivity index (χ0) is 16.7. The Morgan fingerprint density at radius 2 is 1.88 bits per heavy atom. The van der Waals surface area contributed by atoms with Crippen LogP contribution in [0.1, 0.15) is 16.8 Å². The number of hydrogen-bond acceptors (Lipinski definition) is 4. The predicted molar refractivity (Wildman–Crippen MR) is 89.6 cm³/mol. The van der Waals surface area contributed by atoms with Crippen LogP contribution in [0.15, 0.2) is 64.1 Å². The van der Waals surface area contributed by atoms with Gasteiger partial charge in [-0.25, -0.2) is 13.4 Å². The second-order valence-electron chi connectivity index (χ2n) is 5.87. The quantitative estimate of drug-likeness (QED) is 0.733. The molecule has 0 N–H and O–H groups in total. The van der Waals surface area contributed by atoms with Gasteiger partial charge in [-0.05, 0) is 36.2 Å². The third kappa shape index (κ3) is 2.53. The Morgan fingerprint density at radius 3 is 2.54 bits per heavy atom. The van der Waals surface area contributed by atoms with E-state index in [0.717, 1.165) is 22.4 Å². The van der Waals surface area contributed by atoms with Gasteiger partial charge in [0.15, 0.2) is 0 Å². The van der Waals surface area contributed by atoms with Crippen LogP contribution in [0.3, 0.4) is 0 Å². The Balaban J connectivity index is 1.57. The number of nitrogens with zero attached hydrogens (tertiary/aromatic N) is 2. The van der Waals surface area contributed by atoms with Gasteiger partial charge >= 0.3 is 0 Å². The summed E-state index contributed by atoms with van der Waals surface area (Å²) < 4.78 is 32.0. The van der Waals surface area contributed by atoms with Gasteiger partial charge < -0.3 is 4.42 Å². The topological polar surface area (TPSA) is 63.4 Å². The van der Waals surface area contributed by atoms with Gasteiger partial charge in [-0.3, -0.25) is 0 Å². The molecule has 4 rings (SSSR count). The number of aryl methyl sites for hydroxylation is 1. The van der Waals surface area contributed by atoms with Crippen molar-refractivity contribution in [2.75, 3.05) is 0 Å². The number of benzene rings is 2. The van der Waals surface area contributed by atoms with E-state index in [0.29, 0.717) is 23.9 Å². The molecule has 0 spiro atoms. The highest BCUT2D eigenvalue weighted by Crippen LogP contribution is 2.31. The third-order valence-electron chi connectivity index (χ3n) is 4.12. The predicted octanol–water partition coefficient (Wildman–Crippen LogP) is 3.35. The summed E-state index contributed by atoms with van der Waals surface area (Å²) >= 11 is 0. The number of hydrogen-bond donors (Lipinski definition) is 0. The van der Waals surface area contributed by atoms with Crippen molar-refractivity contribution in [2.24, 2.45) is 0 Å². The molecule has 1 aliphatic rings. The Hall–Kier alpha value is -2.44. The smallest absolute Gasteiger partial charge is 0.244 e. The van der Waals surface area contributed by atoms with Gasteiger partial charge in [0, 0.05) is 18.7 Å². The number of fused-ring (bicyclic) bond motifs is 1. The number of rotatable bonds is 3. The van der Waals surface area contributed by atoms with Gasteiger partial charge in [-0.15, -0.1) is 0 Å². The highest BCUT2D eigenvalue weighted by molar-refractivity contribution is 7.89. The standard InChI is InChI=1S/C18H16N2O3S/c1-13-12-23-18(19-13)15-8-6-14(7-9-15)10-20-11-16-4-2-3-5-17(16)24(20,21)22/h2-9,12H,10-11H2,1H3. The first-order chi connectivity index (χ1) is 11.5. The molecule has 0 atom stereocenters. The van der Waals surface area contributed by atoms with E-state index in [4.69, 9.17) is 4.42 Å². The van der Waals surface area contributed by atoms with Gasteiger partial charge in [-0.2, -0.15) is 4.31 Å². The van der Waals surface area contributed by atoms with Gasteiger partial charge in [0.2, 0.25) is 15.9 Å². The minimum atomic E-state index is -3.40. The minimum absolute atomic E-state index is 0.349. The molecule has 122 valence electrons. The maximum Gasteiger partial charge on any atom is 0.244 e. The van der Waals surface area contributed by atoms with Crippen molar-refractivity contribution >= 4 is 10.0 Å². The molecular weight excluding hydrogens is 324 g/mol. The Labute approximate surface area is 140 Å². The first kappa shape index (κ1) is 15.1. The molecule has 0 fully saturated rings. The number of sulfonamides is 1. The Bertz CT molecular complexity index is 991. The Morgan fingerprint density at radius 1 is 1.12 bits per heavy atom. The van der Waals surface area contributed by atoms with Crippen molar-refractivity contribution in [1.29, 1.82) is 0 Å². The normalized spacial score (nSPS) is 16.2. The van der Waals surface area contributed by atoms with Crippen LogP contribution in [0.5, 0.6) is 0 Å². The van der Waals surface area contributed by atoms with Gasteiger partial charge in [0.05, 0.1) is 10.6 Å². The Kier molecular flexibility index (Phi) is 3.51. The van der Waals surface area contributed by atoms with E-state index in [2.05, 4.69) is 4.98 Å². The molecule has 0 saturated carbocycles. The van der Waals surface area contributed by atoms with E-state index in [9.17, 15) is 8.42 Å². The van der Waals surface area contributed by atoms with Crippen LogP contribution in [0.4, 0.5) is 0 Å². The molecule has 24 heavy (non-hydrogen) atoms. The molecule has 6 heteroatoms. The summed E-state index contributed by atoms with van der Waals surface area (Å²) in [6, 6.07) is 14.8. The molecule has 1 aromatic heterocycles. The summed E-state index contributed by atoms with van der Waals surface area (Å²) in [5.74, 6) is 0.570. The SMILES string of the molecule is Cc1coc(-c2ccc(CN3Cc4ccccc4S3(=O)=O)cc2)n1. The van der Waals surface area contributed by atoms with Crippen molar-refractivity contribution in [3.8, 4) is 11.5 Å². The van der Waals surface area contributed by atoms with E-state index < -0.39 is 10.0 Å². The van der Waals surface area contributed by atoms with E-state index >= 15 is 0 Å². The molecular formula is C18H16N2O3S. The van der Waals surface area contributed by atoms with Crippen LogP contribution in [-0.2, 0) is 23.1 Å². The van der Waals surface area contributed by atoms with Crippen molar-refractivity contribution in [3.63, 3.8) is 0 Å². The summed E-state index contributed by atoms with van der Waals surface area (Å²) in [7, 11) is -3.40. The molecule has 3 aromatic rings. The summed E-state index contributed by atoms with van der Waals surface area (Å²) in [5, 5.41) is 0. The number of aromatic nitrogens is 1. The molecule has 0 amide bonds.